The number of carbonyl (C=O) groups is 1. The van der Waals surface area contributed by atoms with Crippen LogP contribution in [0, 0.1) is 5.92 Å². The van der Waals surface area contributed by atoms with E-state index in [1.165, 1.54) is 0 Å². The zero-order chi connectivity index (χ0) is 15.4. The van der Waals surface area contributed by atoms with Gasteiger partial charge in [-0.1, -0.05) is 5.11 Å². The Balaban J connectivity index is 2.56. The van der Waals surface area contributed by atoms with Gasteiger partial charge < -0.3 is 9.64 Å². The lowest BCUT2D eigenvalue weighted by Gasteiger charge is -2.33. The number of likely N-dealkylation sites (tertiary alicyclic amines) is 1. The molecule has 1 heterocycles. The molecule has 0 aromatic heterocycles. The molecular formula is C14H26N4O2. The van der Waals surface area contributed by atoms with E-state index in [0.717, 1.165) is 25.8 Å². The van der Waals surface area contributed by atoms with Gasteiger partial charge in [-0.25, -0.2) is 4.79 Å². The number of hydrogen-bond donors (Lipinski definition) is 0. The van der Waals surface area contributed by atoms with Gasteiger partial charge in [0.2, 0.25) is 0 Å². The average Bonchev–Trinajstić information content (AvgIpc) is 2.58. The lowest BCUT2D eigenvalue weighted by atomic mass is 9.93. The Morgan fingerprint density at radius 2 is 2.15 bits per heavy atom. The van der Waals surface area contributed by atoms with Gasteiger partial charge in [0, 0.05) is 23.5 Å². The Kier molecular flexibility index (Phi) is 5.28. The van der Waals surface area contributed by atoms with E-state index in [4.69, 9.17) is 10.3 Å². The number of nitrogens with zero attached hydrogens (tertiary/aromatic N) is 4. The van der Waals surface area contributed by atoms with Crippen molar-refractivity contribution in [1.29, 1.82) is 0 Å². The van der Waals surface area contributed by atoms with Crippen molar-refractivity contribution in [3.8, 4) is 0 Å². The van der Waals surface area contributed by atoms with Gasteiger partial charge in [-0.05, 0) is 65.3 Å². The number of hydrogen-bond acceptors (Lipinski definition) is 3. The van der Waals surface area contributed by atoms with Gasteiger partial charge >= 0.3 is 6.09 Å². The Labute approximate surface area is 121 Å². The first-order chi connectivity index (χ1) is 9.15. The molecule has 20 heavy (non-hydrogen) atoms. The van der Waals surface area contributed by atoms with Crippen LogP contribution in [0.1, 0.15) is 53.9 Å². The molecule has 1 fully saturated rings. The van der Waals surface area contributed by atoms with E-state index < -0.39 is 5.60 Å². The minimum Gasteiger partial charge on any atom is -0.444 e. The summed E-state index contributed by atoms with van der Waals surface area (Å²) in [5, 5.41) is 3.55. The highest BCUT2D eigenvalue weighted by molar-refractivity contribution is 5.69. The second-order valence-corrected chi connectivity index (χ2v) is 7.07. The number of carbonyl (C=O) groups excluding carboxylic acids is 1. The van der Waals surface area contributed by atoms with Crippen LogP contribution in [0.2, 0.25) is 0 Å². The molecule has 0 aromatic carbocycles. The second-order valence-electron chi connectivity index (χ2n) is 7.07. The van der Waals surface area contributed by atoms with E-state index in [-0.39, 0.29) is 11.6 Å². The summed E-state index contributed by atoms with van der Waals surface area (Å²) < 4.78 is 5.47. The number of ether oxygens (including phenoxy) is 1. The van der Waals surface area contributed by atoms with Crippen LogP contribution in [-0.2, 0) is 4.74 Å². The van der Waals surface area contributed by atoms with Gasteiger partial charge in [-0.3, -0.25) is 0 Å². The third-order valence-corrected chi connectivity index (χ3v) is 3.51. The maximum absolute atomic E-state index is 12.2. The zero-order valence-corrected chi connectivity index (χ0v) is 13.2. The van der Waals surface area contributed by atoms with Gasteiger partial charge in [0.05, 0.1) is 0 Å². The van der Waals surface area contributed by atoms with Crippen LogP contribution in [0.3, 0.4) is 0 Å². The lowest BCUT2D eigenvalue weighted by molar-refractivity contribution is 0.0131. The fourth-order valence-electron chi connectivity index (χ4n) is 2.71. The lowest BCUT2D eigenvalue weighted by Crippen LogP contribution is -2.45. The molecule has 1 aliphatic rings. The topological polar surface area (TPSA) is 78.3 Å². The Hall–Kier alpha value is -1.42. The number of azide groups is 1. The van der Waals surface area contributed by atoms with E-state index in [0.29, 0.717) is 12.5 Å². The summed E-state index contributed by atoms with van der Waals surface area (Å²) in [5.74, 6) is 0.450. The summed E-state index contributed by atoms with van der Waals surface area (Å²) in [7, 11) is 0. The van der Waals surface area contributed by atoms with Crippen molar-refractivity contribution in [3.63, 3.8) is 0 Å². The van der Waals surface area contributed by atoms with Crippen molar-refractivity contribution >= 4 is 6.09 Å². The van der Waals surface area contributed by atoms with Crippen molar-refractivity contribution in [2.75, 3.05) is 13.1 Å². The van der Waals surface area contributed by atoms with Crippen molar-refractivity contribution in [2.45, 2.75) is 65.0 Å². The molecule has 1 atom stereocenters. The molecule has 0 unspecified atom stereocenters. The van der Waals surface area contributed by atoms with E-state index in [2.05, 4.69) is 23.9 Å². The predicted molar refractivity (Wildman–Crippen MR) is 78.4 cm³/mol. The molecule has 6 nitrogen and oxygen atoms in total. The summed E-state index contributed by atoms with van der Waals surface area (Å²) in [6.45, 7) is 11.0. The molecule has 1 rings (SSSR count). The van der Waals surface area contributed by atoms with Crippen LogP contribution < -0.4 is 0 Å². The quantitative estimate of drug-likeness (QED) is 0.336. The van der Waals surface area contributed by atoms with Crippen molar-refractivity contribution < 1.29 is 9.53 Å². The molecule has 0 bridgehead atoms. The van der Waals surface area contributed by atoms with E-state index in [1.54, 1.807) is 0 Å². The third-order valence-electron chi connectivity index (χ3n) is 3.51. The standard InChI is InChI=1S/C14H26N4O2/c1-13(2,3)20-12(19)18-10-11(9-14(18,4)5)7-6-8-16-17-15/h11H,6-10H2,1-5H3/t11-/m0/s1. The smallest absolute Gasteiger partial charge is 0.410 e. The van der Waals surface area contributed by atoms with Gasteiger partial charge in [-0.2, -0.15) is 0 Å². The van der Waals surface area contributed by atoms with Gasteiger partial charge in [0.15, 0.2) is 0 Å². The number of amides is 1. The summed E-state index contributed by atoms with van der Waals surface area (Å²) in [6, 6.07) is 0. The van der Waals surface area contributed by atoms with Crippen LogP contribution in [0.4, 0.5) is 4.79 Å². The van der Waals surface area contributed by atoms with Crippen molar-refractivity contribution in [3.05, 3.63) is 10.4 Å². The highest BCUT2D eigenvalue weighted by Crippen LogP contribution is 2.35. The molecule has 6 heteroatoms. The van der Waals surface area contributed by atoms with Crippen LogP contribution in [0.25, 0.3) is 10.4 Å². The molecule has 0 saturated carbocycles. The van der Waals surface area contributed by atoms with Gasteiger partial charge in [0.1, 0.15) is 5.60 Å². The minimum atomic E-state index is -0.466. The molecule has 0 radical (unpaired) electrons. The minimum absolute atomic E-state index is 0.175. The van der Waals surface area contributed by atoms with Crippen LogP contribution >= 0.6 is 0 Å². The summed E-state index contributed by atoms with van der Waals surface area (Å²) in [5.41, 5.74) is 7.61. The SMILES string of the molecule is CC(C)(C)OC(=O)N1C[C@@H](CCCN=[N+]=[N-])CC1(C)C. The van der Waals surface area contributed by atoms with Crippen LogP contribution in [0.5, 0.6) is 0 Å². The molecule has 0 aliphatic carbocycles. The molecule has 0 aromatic rings. The normalized spacial score (nSPS) is 21.4. The monoisotopic (exact) mass is 282 g/mol. The summed E-state index contributed by atoms with van der Waals surface area (Å²) in [4.78, 5) is 16.8. The van der Waals surface area contributed by atoms with Gasteiger partial charge in [0.25, 0.3) is 0 Å². The van der Waals surface area contributed by atoms with Crippen LogP contribution in [0.15, 0.2) is 5.11 Å². The Bertz CT molecular complexity index is 394. The van der Waals surface area contributed by atoms with Crippen LogP contribution in [-0.4, -0.2) is 35.2 Å². The molecule has 1 aliphatic heterocycles. The fraction of sp³-hybridized carbons (Fsp3) is 0.929. The maximum Gasteiger partial charge on any atom is 0.410 e. The predicted octanol–water partition coefficient (Wildman–Crippen LogP) is 4.11. The molecule has 0 N–H and O–H groups in total. The third kappa shape index (κ3) is 4.93. The highest BCUT2D eigenvalue weighted by Gasteiger charge is 2.42. The molecule has 1 amide bonds. The first-order valence-corrected chi connectivity index (χ1v) is 7.17. The first kappa shape index (κ1) is 16.6. The molecule has 114 valence electrons. The maximum atomic E-state index is 12.2. The summed E-state index contributed by atoms with van der Waals surface area (Å²) >= 11 is 0. The first-order valence-electron chi connectivity index (χ1n) is 7.17. The van der Waals surface area contributed by atoms with Crippen molar-refractivity contribution in [2.24, 2.45) is 11.0 Å². The van der Waals surface area contributed by atoms with Crippen molar-refractivity contribution in [1.82, 2.24) is 4.90 Å². The largest absolute Gasteiger partial charge is 0.444 e. The fourth-order valence-corrected chi connectivity index (χ4v) is 2.71. The Morgan fingerprint density at radius 1 is 1.50 bits per heavy atom. The second kappa shape index (κ2) is 6.35. The average molecular weight is 282 g/mol. The van der Waals surface area contributed by atoms with Gasteiger partial charge in [-0.15, -0.1) is 0 Å². The summed E-state index contributed by atoms with van der Waals surface area (Å²) in [6.07, 6.45) is 2.57. The highest BCUT2D eigenvalue weighted by atomic mass is 16.6. The Morgan fingerprint density at radius 3 is 2.70 bits per heavy atom. The zero-order valence-electron chi connectivity index (χ0n) is 13.2. The molecule has 0 spiro atoms. The van der Waals surface area contributed by atoms with E-state index in [9.17, 15) is 4.79 Å². The number of rotatable bonds is 4. The molecular weight excluding hydrogens is 256 g/mol. The van der Waals surface area contributed by atoms with E-state index >= 15 is 0 Å². The van der Waals surface area contributed by atoms with E-state index in [1.807, 2.05) is 25.7 Å². The molecule has 1 saturated heterocycles.